The van der Waals surface area contributed by atoms with E-state index < -0.39 is 20.5 Å². The Morgan fingerprint density at radius 3 is 2.21 bits per heavy atom. The third-order valence-electron chi connectivity index (χ3n) is 3.41. The Kier molecular flexibility index (Phi) is 7.59. The first-order chi connectivity index (χ1) is 8.75. The van der Waals surface area contributed by atoms with Crippen molar-refractivity contribution < 1.29 is 17.9 Å². The summed E-state index contributed by atoms with van der Waals surface area (Å²) >= 11 is 0. The molecule has 6 heteroatoms. The molecule has 2 N–H and O–H groups in total. The molecular weight excluding hydrogens is 266 g/mol. The lowest BCUT2D eigenvalue weighted by Gasteiger charge is -2.30. The van der Waals surface area contributed by atoms with E-state index in [0.29, 0.717) is 6.42 Å². The zero-order valence-electron chi connectivity index (χ0n) is 12.4. The van der Waals surface area contributed by atoms with Gasteiger partial charge in [-0.1, -0.05) is 13.3 Å². The van der Waals surface area contributed by atoms with Gasteiger partial charge in [0.1, 0.15) is 0 Å². The van der Waals surface area contributed by atoms with E-state index in [2.05, 4.69) is 0 Å². The normalized spacial score (nSPS) is 15.3. The van der Waals surface area contributed by atoms with Crippen molar-refractivity contribution in [1.82, 2.24) is 0 Å². The largest absolute Gasteiger partial charge is 0.466 e. The van der Waals surface area contributed by atoms with Gasteiger partial charge in [-0.2, -0.15) is 0 Å². The summed E-state index contributed by atoms with van der Waals surface area (Å²) < 4.78 is 28.8. The number of sulfone groups is 1. The number of hydrogen-bond acceptors (Lipinski definition) is 5. The van der Waals surface area contributed by atoms with Crippen LogP contribution in [0.25, 0.3) is 0 Å². The number of esters is 1. The van der Waals surface area contributed by atoms with E-state index in [9.17, 15) is 13.2 Å². The lowest BCUT2D eigenvalue weighted by atomic mass is 9.81. The standard InChI is InChI=1S/C13H27NO4S/c1-5-7-13(10-14,12(15)18-6-2)8-9-19(16,17)11(3)4/h11H,5-10,14H2,1-4H3. The molecule has 0 aliphatic carbocycles. The molecule has 0 bridgehead atoms. The first-order valence-corrected chi connectivity index (χ1v) is 8.56. The van der Waals surface area contributed by atoms with Crippen molar-refractivity contribution in [2.45, 2.75) is 52.2 Å². The van der Waals surface area contributed by atoms with Crippen LogP contribution in [-0.4, -0.2) is 38.5 Å². The van der Waals surface area contributed by atoms with Gasteiger partial charge in [0.2, 0.25) is 0 Å². The summed E-state index contributed by atoms with van der Waals surface area (Å²) in [5.41, 5.74) is 4.87. The maximum atomic E-state index is 12.1. The van der Waals surface area contributed by atoms with Crippen molar-refractivity contribution in [3.63, 3.8) is 0 Å². The maximum Gasteiger partial charge on any atom is 0.313 e. The van der Waals surface area contributed by atoms with Gasteiger partial charge < -0.3 is 10.5 Å². The van der Waals surface area contributed by atoms with E-state index in [-0.39, 0.29) is 31.3 Å². The molecule has 0 aromatic heterocycles. The highest BCUT2D eigenvalue weighted by Gasteiger charge is 2.39. The molecular formula is C13H27NO4S. The first-order valence-electron chi connectivity index (χ1n) is 6.84. The van der Waals surface area contributed by atoms with E-state index in [1.165, 1.54) is 0 Å². The Bertz CT molecular complexity index is 378. The van der Waals surface area contributed by atoms with Crippen molar-refractivity contribution in [2.75, 3.05) is 18.9 Å². The van der Waals surface area contributed by atoms with Crippen LogP contribution in [0.2, 0.25) is 0 Å². The number of ether oxygens (including phenoxy) is 1. The maximum absolute atomic E-state index is 12.1. The van der Waals surface area contributed by atoms with Crippen LogP contribution >= 0.6 is 0 Å². The zero-order valence-corrected chi connectivity index (χ0v) is 13.3. The van der Waals surface area contributed by atoms with E-state index >= 15 is 0 Å². The van der Waals surface area contributed by atoms with Gasteiger partial charge in [-0.05, 0) is 33.6 Å². The van der Waals surface area contributed by atoms with Gasteiger partial charge >= 0.3 is 5.97 Å². The van der Waals surface area contributed by atoms with Gasteiger partial charge in [-0.25, -0.2) is 8.42 Å². The summed E-state index contributed by atoms with van der Waals surface area (Å²) in [7, 11) is -3.17. The van der Waals surface area contributed by atoms with E-state index in [1.54, 1.807) is 20.8 Å². The topological polar surface area (TPSA) is 86.5 Å². The molecule has 0 saturated carbocycles. The average molecular weight is 293 g/mol. The second-order valence-corrected chi connectivity index (χ2v) is 7.80. The molecule has 0 aliphatic heterocycles. The summed E-state index contributed by atoms with van der Waals surface area (Å²) in [5, 5.41) is -0.438. The van der Waals surface area contributed by atoms with Gasteiger partial charge in [0.15, 0.2) is 9.84 Å². The van der Waals surface area contributed by atoms with Crippen LogP contribution in [0, 0.1) is 5.41 Å². The third-order valence-corrected chi connectivity index (χ3v) is 5.62. The molecule has 1 unspecified atom stereocenters. The summed E-state index contributed by atoms with van der Waals surface area (Å²) in [6.45, 7) is 7.36. The lowest BCUT2D eigenvalue weighted by Crippen LogP contribution is -2.42. The predicted molar refractivity (Wildman–Crippen MR) is 76.6 cm³/mol. The Morgan fingerprint density at radius 2 is 1.84 bits per heavy atom. The monoisotopic (exact) mass is 293 g/mol. The van der Waals surface area contributed by atoms with E-state index in [4.69, 9.17) is 10.5 Å². The first kappa shape index (κ1) is 18.4. The lowest BCUT2D eigenvalue weighted by molar-refractivity contribution is -0.155. The molecule has 0 spiro atoms. The molecule has 114 valence electrons. The van der Waals surface area contributed by atoms with Crippen molar-refractivity contribution in [3.05, 3.63) is 0 Å². The summed E-state index contributed by atoms with van der Waals surface area (Å²) in [6.07, 6.45) is 1.55. The van der Waals surface area contributed by atoms with Gasteiger partial charge in [-0.15, -0.1) is 0 Å². The fraction of sp³-hybridized carbons (Fsp3) is 0.923. The van der Waals surface area contributed by atoms with Crippen LogP contribution in [-0.2, 0) is 19.4 Å². The molecule has 0 aromatic rings. The molecule has 0 rings (SSSR count). The molecule has 1 atom stereocenters. The molecule has 19 heavy (non-hydrogen) atoms. The summed E-state index contributed by atoms with van der Waals surface area (Å²) in [4.78, 5) is 12.1. The summed E-state index contributed by atoms with van der Waals surface area (Å²) in [6, 6.07) is 0. The molecule has 0 saturated heterocycles. The van der Waals surface area contributed by atoms with Crippen LogP contribution in [0.5, 0.6) is 0 Å². The van der Waals surface area contributed by atoms with Crippen molar-refractivity contribution in [3.8, 4) is 0 Å². The van der Waals surface area contributed by atoms with Crippen molar-refractivity contribution in [2.24, 2.45) is 11.1 Å². The Labute approximate surface area is 116 Å². The number of carbonyl (C=O) groups is 1. The minimum Gasteiger partial charge on any atom is -0.466 e. The smallest absolute Gasteiger partial charge is 0.313 e. The number of rotatable bonds is 9. The van der Waals surface area contributed by atoms with E-state index in [0.717, 1.165) is 6.42 Å². The number of hydrogen-bond donors (Lipinski definition) is 1. The highest BCUT2D eigenvalue weighted by Crippen LogP contribution is 2.30. The molecule has 0 amide bonds. The van der Waals surface area contributed by atoms with Crippen LogP contribution < -0.4 is 5.73 Å². The minimum atomic E-state index is -3.17. The third kappa shape index (κ3) is 5.10. The number of carbonyl (C=O) groups excluding carboxylic acids is 1. The molecule has 0 fully saturated rings. The minimum absolute atomic E-state index is 0.0271. The van der Waals surface area contributed by atoms with Crippen LogP contribution in [0.3, 0.4) is 0 Å². The van der Waals surface area contributed by atoms with E-state index in [1.807, 2.05) is 6.92 Å². The Hall–Kier alpha value is -0.620. The molecule has 0 heterocycles. The molecule has 0 aliphatic rings. The molecule has 5 nitrogen and oxygen atoms in total. The van der Waals surface area contributed by atoms with Gasteiger partial charge in [0, 0.05) is 6.54 Å². The van der Waals surface area contributed by atoms with Gasteiger partial charge in [0.05, 0.1) is 23.0 Å². The SMILES string of the molecule is CCCC(CN)(CCS(=O)(=O)C(C)C)C(=O)OCC. The van der Waals surface area contributed by atoms with Crippen LogP contribution in [0.4, 0.5) is 0 Å². The zero-order chi connectivity index (χ0) is 15.1. The van der Waals surface area contributed by atoms with Gasteiger partial charge in [-0.3, -0.25) is 4.79 Å². The fourth-order valence-electron chi connectivity index (χ4n) is 1.95. The fourth-order valence-corrected chi connectivity index (χ4v) is 3.10. The molecule has 0 aromatic carbocycles. The second kappa shape index (κ2) is 7.85. The van der Waals surface area contributed by atoms with Crippen molar-refractivity contribution >= 4 is 15.8 Å². The Morgan fingerprint density at radius 1 is 1.26 bits per heavy atom. The Balaban J connectivity index is 5.01. The van der Waals surface area contributed by atoms with Crippen LogP contribution in [0.15, 0.2) is 0 Å². The summed E-state index contributed by atoms with van der Waals surface area (Å²) in [5.74, 6) is -0.404. The predicted octanol–water partition coefficient (Wildman–Crippen LogP) is 1.51. The number of nitrogens with two attached hydrogens (primary N) is 1. The van der Waals surface area contributed by atoms with Crippen molar-refractivity contribution in [1.29, 1.82) is 0 Å². The van der Waals surface area contributed by atoms with Gasteiger partial charge in [0.25, 0.3) is 0 Å². The van der Waals surface area contributed by atoms with Crippen LogP contribution in [0.1, 0.15) is 47.0 Å². The average Bonchev–Trinajstić information content (AvgIpc) is 2.34. The quantitative estimate of drug-likeness (QED) is 0.651. The molecule has 0 radical (unpaired) electrons. The highest BCUT2D eigenvalue weighted by molar-refractivity contribution is 7.91. The second-order valence-electron chi connectivity index (χ2n) is 5.12. The highest BCUT2D eigenvalue weighted by atomic mass is 32.2.